The van der Waals surface area contributed by atoms with E-state index in [0.717, 1.165) is 121 Å². The fraction of sp³-hybridized carbons (Fsp3) is 0. The fourth-order valence-corrected chi connectivity index (χ4v) is 8.75. The number of para-hydroxylation sites is 2. The van der Waals surface area contributed by atoms with Crippen LogP contribution in [0.25, 0.3) is 121 Å². The Balaban J connectivity index is 1.23. The van der Waals surface area contributed by atoms with Crippen molar-refractivity contribution < 1.29 is 8.83 Å². The van der Waals surface area contributed by atoms with Crippen molar-refractivity contribution in [1.29, 1.82) is 0 Å². The van der Waals surface area contributed by atoms with Crippen LogP contribution in [0.1, 0.15) is 0 Å². The van der Waals surface area contributed by atoms with Gasteiger partial charge >= 0.3 is 0 Å². The Kier molecular flexibility index (Phi) is 6.56. The van der Waals surface area contributed by atoms with E-state index in [1.54, 1.807) is 0 Å². The van der Waals surface area contributed by atoms with Crippen molar-refractivity contribution in [3.63, 3.8) is 0 Å². The van der Waals surface area contributed by atoms with Crippen LogP contribution < -0.4 is 0 Å². The van der Waals surface area contributed by atoms with Gasteiger partial charge in [-0.1, -0.05) is 97.1 Å². The quantitative estimate of drug-likeness (QED) is 0.170. The third kappa shape index (κ3) is 4.52. The third-order valence-electron chi connectivity index (χ3n) is 11.2. The summed E-state index contributed by atoms with van der Waals surface area (Å²) in [6.07, 6.45) is 7.48. The molecule has 0 saturated heterocycles. The monoisotopic (exact) mass is 715 g/mol. The highest BCUT2D eigenvalue weighted by Gasteiger charge is 2.25. The molecule has 5 heteroatoms. The van der Waals surface area contributed by atoms with Gasteiger partial charge < -0.3 is 8.83 Å². The first kappa shape index (κ1) is 30.8. The van der Waals surface area contributed by atoms with E-state index in [9.17, 15) is 0 Å². The van der Waals surface area contributed by atoms with E-state index in [0.29, 0.717) is 0 Å². The van der Waals surface area contributed by atoms with Crippen molar-refractivity contribution in [3.8, 4) is 44.6 Å². The molecule has 0 amide bonds. The Morgan fingerprint density at radius 2 is 0.857 bits per heavy atom. The summed E-state index contributed by atoms with van der Waals surface area (Å²) >= 11 is 0. The van der Waals surface area contributed by atoms with Crippen LogP contribution in [0.4, 0.5) is 0 Å². The number of fused-ring (bicyclic) bond motifs is 11. The summed E-state index contributed by atoms with van der Waals surface area (Å²) < 4.78 is 13.4. The number of nitrogens with zero attached hydrogens (tertiary/aromatic N) is 3. The summed E-state index contributed by atoms with van der Waals surface area (Å²) in [6, 6.07) is 53.2. The van der Waals surface area contributed by atoms with Crippen molar-refractivity contribution in [2.24, 2.45) is 0 Å². The van der Waals surface area contributed by atoms with Crippen LogP contribution in [0.2, 0.25) is 0 Å². The topological polar surface area (TPSA) is 65.0 Å². The molecule has 0 spiro atoms. The lowest BCUT2D eigenvalue weighted by molar-refractivity contribution is 0.668. The van der Waals surface area contributed by atoms with Crippen LogP contribution in [0, 0.1) is 0 Å². The van der Waals surface area contributed by atoms with Crippen molar-refractivity contribution in [2.75, 3.05) is 0 Å². The molecule has 0 unspecified atom stereocenters. The minimum Gasteiger partial charge on any atom is -0.455 e. The molecule has 0 aliphatic rings. The predicted octanol–water partition coefficient (Wildman–Crippen LogP) is 13.8. The second-order valence-corrected chi connectivity index (χ2v) is 14.3. The maximum Gasteiger partial charge on any atom is 0.161 e. The van der Waals surface area contributed by atoms with Crippen molar-refractivity contribution in [2.45, 2.75) is 0 Å². The minimum atomic E-state index is 0.757. The van der Waals surface area contributed by atoms with Gasteiger partial charge in [0.2, 0.25) is 0 Å². The first-order chi connectivity index (χ1) is 27.8. The van der Waals surface area contributed by atoms with Gasteiger partial charge in [-0.2, -0.15) is 0 Å². The van der Waals surface area contributed by atoms with Crippen molar-refractivity contribution in [1.82, 2.24) is 15.0 Å². The molecule has 5 nitrogen and oxygen atoms in total. The highest BCUT2D eigenvalue weighted by Crippen LogP contribution is 2.49. The summed E-state index contributed by atoms with van der Waals surface area (Å²) in [6.45, 7) is 0. The smallest absolute Gasteiger partial charge is 0.161 e. The van der Waals surface area contributed by atoms with E-state index in [-0.39, 0.29) is 0 Å². The summed E-state index contributed by atoms with van der Waals surface area (Å²) in [5, 5.41) is 9.51. The Bertz CT molecular complexity index is 3420. The van der Waals surface area contributed by atoms with Gasteiger partial charge in [0, 0.05) is 63.0 Å². The SMILES string of the molecule is c1cncc(-c2cc(-c3cccnc3)cc(-c3c4ccccc4c(-c4nc5c(ccc6c7ccccc7oc65)c5oc6ccccc6c45)c4ccccc34)c2)c1. The van der Waals surface area contributed by atoms with E-state index >= 15 is 0 Å². The van der Waals surface area contributed by atoms with Gasteiger partial charge in [-0.05, 0) is 98.4 Å². The summed E-state index contributed by atoms with van der Waals surface area (Å²) in [5.74, 6) is 0. The molecule has 0 saturated carbocycles. The molecule has 12 aromatic rings. The molecule has 260 valence electrons. The summed E-state index contributed by atoms with van der Waals surface area (Å²) in [5.41, 5.74) is 12.5. The molecule has 0 atom stereocenters. The molecular weight excluding hydrogens is 687 g/mol. The summed E-state index contributed by atoms with van der Waals surface area (Å²) in [4.78, 5) is 14.6. The normalized spacial score (nSPS) is 11.9. The largest absolute Gasteiger partial charge is 0.455 e. The maximum absolute atomic E-state index is 6.79. The summed E-state index contributed by atoms with van der Waals surface area (Å²) in [7, 11) is 0. The molecule has 0 bridgehead atoms. The predicted molar refractivity (Wildman–Crippen MR) is 229 cm³/mol. The number of aromatic nitrogens is 3. The van der Waals surface area contributed by atoms with Crippen molar-refractivity contribution >= 4 is 76.3 Å². The highest BCUT2D eigenvalue weighted by atomic mass is 16.3. The lowest BCUT2D eigenvalue weighted by Crippen LogP contribution is -1.95. The van der Waals surface area contributed by atoms with Crippen LogP contribution in [0.5, 0.6) is 0 Å². The molecule has 12 rings (SSSR count). The molecular formula is C51H29N3O2. The first-order valence-corrected chi connectivity index (χ1v) is 18.7. The van der Waals surface area contributed by atoms with Gasteiger partial charge in [0.25, 0.3) is 0 Å². The number of hydrogen-bond acceptors (Lipinski definition) is 5. The zero-order valence-electron chi connectivity index (χ0n) is 29.9. The zero-order chi connectivity index (χ0) is 36.7. The van der Waals surface area contributed by atoms with E-state index in [1.807, 2.05) is 61.2 Å². The lowest BCUT2D eigenvalue weighted by atomic mass is 9.85. The Hall–Kier alpha value is -7.63. The number of rotatable bonds is 4. The van der Waals surface area contributed by atoms with Crippen LogP contribution in [0.15, 0.2) is 185 Å². The average molecular weight is 716 g/mol. The van der Waals surface area contributed by atoms with Gasteiger partial charge in [0.15, 0.2) is 5.58 Å². The van der Waals surface area contributed by atoms with Gasteiger partial charge in [-0.15, -0.1) is 0 Å². The molecule has 0 fully saturated rings. The molecule has 0 aliphatic heterocycles. The maximum atomic E-state index is 6.79. The standard InChI is InChI=1S/C51H29N3O2/c1-3-16-38-36(14-1)45(34-26-32(30-11-9-23-52-28-30)25-33(27-34)31-12-10-24-53-29-31)37-15-2-4-17-39(37)46(38)49-47-41-18-6-8-20-44(41)55-50(47)42-22-21-40-35-13-5-7-19-43(35)56-51(40)48(42)54-49/h1-29H. The van der Waals surface area contributed by atoms with Gasteiger partial charge in [0.1, 0.15) is 22.3 Å². The van der Waals surface area contributed by atoms with Gasteiger partial charge in [0.05, 0.1) is 11.1 Å². The second kappa shape index (κ2) is 11.9. The van der Waals surface area contributed by atoms with Gasteiger partial charge in [-0.3, -0.25) is 9.97 Å². The Morgan fingerprint density at radius 1 is 0.357 bits per heavy atom. The first-order valence-electron chi connectivity index (χ1n) is 18.7. The minimum absolute atomic E-state index is 0.757. The number of hydrogen-bond donors (Lipinski definition) is 0. The number of furan rings is 2. The van der Waals surface area contributed by atoms with Crippen LogP contribution >= 0.6 is 0 Å². The van der Waals surface area contributed by atoms with Crippen LogP contribution in [-0.2, 0) is 0 Å². The van der Waals surface area contributed by atoms with E-state index < -0.39 is 0 Å². The molecule has 0 radical (unpaired) electrons. The number of pyridine rings is 3. The van der Waals surface area contributed by atoms with Crippen molar-refractivity contribution in [3.05, 3.63) is 176 Å². The van der Waals surface area contributed by atoms with Gasteiger partial charge in [-0.25, -0.2) is 4.98 Å². The highest BCUT2D eigenvalue weighted by molar-refractivity contribution is 6.29. The van der Waals surface area contributed by atoms with E-state index in [1.165, 1.54) is 0 Å². The molecule has 7 aromatic carbocycles. The van der Waals surface area contributed by atoms with Crippen LogP contribution in [0.3, 0.4) is 0 Å². The number of benzene rings is 7. The molecule has 5 aromatic heterocycles. The Morgan fingerprint density at radius 3 is 1.46 bits per heavy atom. The molecule has 56 heavy (non-hydrogen) atoms. The third-order valence-corrected chi connectivity index (χ3v) is 11.2. The molecule has 5 heterocycles. The molecule has 0 aliphatic carbocycles. The fourth-order valence-electron chi connectivity index (χ4n) is 8.75. The zero-order valence-corrected chi connectivity index (χ0v) is 29.9. The lowest BCUT2D eigenvalue weighted by Gasteiger charge is -2.19. The van der Waals surface area contributed by atoms with E-state index in [2.05, 4.69) is 125 Å². The molecule has 0 N–H and O–H groups in total. The average Bonchev–Trinajstić information content (AvgIpc) is 3.85. The second-order valence-electron chi connectivity index (χ2n) is 14.3. The van der Waals surface area contributed by atoms with E-state index in [4.69, 9.17) is 13.8 Å². The van der Waals surface area contributed by atoms with Crippen LogP contribution in [-0.4, -0.2) is 15.0 Å². The Labute approximate surface area is 320 Å².